The van der Waals surface area contributed by atoms with Crippen molar-refractivity contribution in [3.05, 3.63) is 58.4 Å². The molecule has 7 rings (SSSR count). The number of aryl methyl sites for hydroxylation is 1. The molecule has 2 aromatic heterocycles. The van der Waals surface area contributed by atoms with Crippen molar-refractivity contribution in [3.8, 4) is 23.3 Å². The minimum absolute atomic E-state index is 0.00710. The molecule has 2 saturated carbocycles. The van der Waals surface area contributed by atoms with E-state index in [4.69, 9.17) is 21.1 Å². The molecule has 41 heavy (non-hydrogen) atoms. The topological polar surface area (TPSA) is 97.1 Å². The van der Waals surface area contributed by atoms with Gasteiger partial charge in [-0.1, -0.05) is 6.32 Å². The summed E-state index contributed by atoms with van der Waals surface area (Å²) in [6.07, 6.45) is 5.14. The van der Waals surface area contributed by atoms with Gasteiger partial charge in [-0.05, 0) is 67.4 Å². The molecule has 3 aromatic rings. The second-order valence-electron chi connectivity index (χ2n) is 11.8. The van der Waals surface area contributed by atoms with Crippen LogP contribution in [0.3, 0.4) is 0 Å². The SMILES string of the molecule is N#CB1CCc2nccc(OC3CC4(C3)CN(c3nc(Cl)nnc3Oc3ccc(F)cc3C3CC(F)(F)C3)C4)c2C1. The van der Waals surface area contributed by atoms with E-state index >= 15 is 0 Å². The molecule has 4 heterocycles. The van der Waals surface area contributed by atoms with Crippen LogP contribution in [-0.4, -0.2) is 52.0 Å². The zero-order chi connectivity index (χ0) is 28.4. The van der Waals surface area contributed by atoms with Gasteiger partial charge in [0.15, 0.2) is 5.82 Å². The van der Waals surface area contributed by atoms with Crippen molar-refractivity contribution < 1.29 is 22.6 Å². The lowest BCUT2D eigenvalue weighted by Crippen LogP contribution is -2.65. The summed E-state index contributed by atoms with van der Waals surface area (Å²) in [6.45, 7) is 1.37. The van der Waals surface area contributed by atoms with Crippen molar-refractivity contribution in [1.29, 1.82) is 5.26 Å². The lowest BCUT2D eigenvalue weighted by Gasteiger charge is -2.58. The number of aromatic nitrogens is 4. The van der Waals surface area contributed by atoms with Crippen LogP contribution in [0.4, 0.5) is 19.0 Å². The van der Waals surface area contributed by atoms with Crippen LogP contribution < -0.4 is 14.4 Å². The van der Waals surface area contributed by atoms with Gasteiger partial charge in [-0.25, -0.2) is 18.4 Å². The predicted octanol–water partition coefficient (Wildman–Crippen LogP) is 5.61. The fourth-order valence-corrected chi connectivity index (χ4v) is 6.77. The molecular weight excluding hydrogens is 556 g/mol. The third-order valence-corrected chi connectivity index (χ3v) is 8.91. The third kappa shape index (κ3) is 4.94. The van der Waals surface area contributed by atoms with Gasteiger partial charge in [0.1, 0.15) is 23.4 Å². The van der Waals surface area contributed by atoms with Crippen molar-refractivity contribution in [2.75, 3.05) is 18.0 Å². The Morgan fingerprint density at radius 1 is 1.10 bits per heavy atom. The van der Waals surface area contributed by atoms with Crippen molar-refractivity contribution in [2.24, 2.45) is 5.41 Å². The number of fused-ring (bicyclic) bond motifs is 1. The van der Waals surface area contributed by atoms with Crippen LogP contribution >= 0.6 is 11.6 Å². The molecule has 210 valence electrons. The molecular formula is C28H25BClF3N6O2. The first-order valence-electron chi connectivity index (χ1n) is 13.7. The molecule has 1 aromatic carbocycles. The normalized spacial score (nSPS) is 20.9. The maximum Gasteiger partial charge on any atom is 0.282 e. The smallest absolute Gasteiger partial charge is 0.282 e. The lowest BCUT2D eigenvalue weighted by molar-refractivity contribution is -0.0870. The van der Waals surface area contributed by atoms with Gasteiger partial charge < -0.3 is 14.4 Å². The van der Waals surface area contributed by atoms with E-state index in [1.54, 1.807) is 6.20 Å². The van der Waals surface area contributed by atoms with Crippen molar-refractivity contribution in [1.82, 2.24) is 20.2 Å². The number of hydrogen-bond donors (Lipinski definition) is 0. The maximum atomic E-state index is 14.0. The number of benzene rings is 1. The van der Waals surface area contributed by atoms with Crippen LogP contribution in [0.1, 0.15) is 48.4 Å². The highest BCUT2D eigenvalue weighted by Crippen LogP contribution is 2.53. The molecule has 0 atom stereocenters. The van der Waals surface area contributed by atoms with Gasteiger partial charge in [0, 0.05) is 60.3 Å². The molecule has 0 unspecified atom stereocenters. The van der Waals surface area contributed by atoms with Crippen LogP contribution in [0.5, 0.6) is 17.4 Å². The molecule has 4 aliphatic rings. The Labute approximate surface area is 239 Å². The molecule has 2 aliphatic heterocycles. The van der Waals surface area contributed by atoms with Gasteiger partial charge in [0.25, 0.3) is 12.6 Å². The van der Waals surface area contributed by atoms with Crippen LogP contribution in [-0.2, 0) is 12.7 Å². The van der Waals surface area contributed by atoms with E-state index < -0.39 is 17.7 Å². The van der Waals surface area contributed by atoms with Crippen molar-refractivity contribution >= 4 is 24.1 Å². The van der Waals surface area contributed by atoms with Gasteiger partial charge in [-0.3, -0.25) is 4.98 Å². The first-order chi connectivity index (χ1) is 19.7. The summed E-state index contributed by atoms with van der Waals surface area (Å²) in [4.78, 5) is 10.8. The monoisotopic (exact) mass is 580 g/mol. The van der Waals surface area contributed by atoms with Gasteiger partial charge in [0.2, 0.25) is 11.2 Å². The fourth-order valence-electron chi connectivity index (χ4n) is 6.65. The van der Waals surface area contributed by atoms with Crippen LogP contribution in [0.15, 0.2) is 30.5 Å². The fraction of sp³-hybridized carbons (Fsp3) is 0.464. The van der Waals surface area contributed by atoms with E-state index in [-0.39, 0.29) is 48.0 Å². The summed E-state index contributed by atoms with van der Waals surface area (Å²) >= 11 is 6.08. The minimum Gasteiger partial charge on any atom is -0.490 e. The zero-order valence-corrected chi connectivity index (χ0v) is 22.8. The van der Waals surface area contributed by atoms with E-state index in [1.165, 1.54) is 18.2 Å². The summed E-state index contributed by atoms with van der Waals surface area (Å²) in [6, 6.07) is 5.77. The average Bonchev–Trinajstić information content (AvgIpc) is 2.89. The largest absolute Gasteiger partial charge is 0.490 e. The molecule has 0 bridgehead atoms. The highest BCUT2D eigenvalue weighted by Gasteiger charge is 2.55. The summed E-state index contributed by atoms with van der Waals surface area (Å²) < 4.78 is 53.5. The van der Waals surface area contributed by atoms with E-state index in [1.807, 2.05) is 11.0 Å². The maximum absolute atomic E-state index is 14.0. The molecule has 13 heteroatoms. The molecule has 3 fully saturated rings. The van der Waals surface area contributed by atoms with Crippen LogP contribution in [0.25, 0.3) is 0 Å². The van der Waals surface area contributed by atoms with Gasteiger partial charge >= 0.3 is 0 Å². The molecule has 0 radical (unpaired) electrons. The summed E-state index contributed by atoms with van der Waals surface area (Å²) in [5.41, 5.74) is 2.50. The number of halogens is 4. The van der Waals surface area contributed by atoms with E-state index in [0.717, 1.165) is 42.6 Å². The van der Waals surface area contributed by atoms with Gasteiger partial charge in [0.05, 0.1) is 0 Å². The van der Waals surface area contributed by atoms with E-state index in [9.17, 15) is 18.4 Å². The Bertz CT molecular complexity index is 1550. The number of nitriles is 1. The second-order valence-corrected chi connectivity index (χ2v) is 12.1. The van der Waals surface area contributed by atoms with Gasteiger partial charge in [-0.15, -0.1) is 10.2 Å². The number of anilines is 1. The molecule has 8 nitrogen and oxygen atoms in total. The van der Waals surface area contributed by atoms with Crippen LogP contribution in [0.2, 0.25) is 11.6 Å². The summed E-state index contributed by atoms with van der Waals surface area (Å²) in [5, 5.41) is 17.2. The summed E-state index contributed by atoms with van der Waals surface area (Å²) in [7, 11) is 0. The van der Waals surface area contributed by atoms with Gasteiger partial charge in [-0.2, -0.15) is 4.98 Å². The third-order valence-electron chi connectivity index (χ3n) is 8.75. The van der Waals surface area contributed by atoms with E-state index in [0.29, 0.717) is 30.8 Å². The Morgan fingerprint density at radius 3 is 2.66 bits per heavy atom. The quantitative estimate of drug-likeness (QED) is 0.347. The Hall–Kier alpha value is -3.59. The Balaban J connectivity index is 1.02. The number of pyridine rings is 1. The lowest BCUT2D eigenvalue weighted by atomic mass is 9.42. The number of rotatable bonds is 6. The molecule has 1 spiro atoms. The van der Waals surface area contributed by atoms with Crippen LogP contribution in [0, 0.1) is 22.5 Å². The van der Waals surface area contributed by atoms with E-state index in [2.05, 4.69) is 26.1 Å². The second kappa shape index (κ2) is 9.76. The molecule has 0 amide bonds. The Kier molecular flexibility index (Phi) is 6.26. The Morgan fingerprint density at radius 2 is 1.90 bits per heavy atom. The predicted molar refractivity (Wildman–Crippen MR) is 144 cm³/mol. The molecule has 0 N–H and O–H groups in total. The number of nitrogens with zero attached hydrogens (tertiary/aromatic N) is 6. The zero-order valence-electron chi connectivity index (χ0n) is 22.0. The molecule has 2 aliphatic carbocycles. The highest BCUT2D eigenvalue weighted by molar-refractivity contribution is 6.66. The number of hydrogen-bond acceptors (Lipinski definition) is 8. The highest BCUT2D eigenvalue weighted by atomic mass is 35.5. The molecule has 1 saturated heterocycles. The first-order valence-corrected chi connectivity index (χ1v) is 14.1. The average molecular weight is 581 g/mol. The number of alkyl halides is 2. The number of ether oxygens (including phenoxy) is 2. The van der Waals surface area contributed by atoms with Crippen molar-refractivity contribution in [3.63, 3.8) is 0 Å². The summed E-state index contributed by atoms with van der Waals surface area (Å²) in [5.74, 6) is 0.155. The first kappa shape index (κ1) is 26.3. The standard InChI is InChI=1S/C28H25BClF3N6O2/c30-26-36-24(25(37-38-26)41-22-2-1-17(31)7-19(22)16-8-28(32,33)9-16)39-13-27(14-39)10-18(11-27)40-23-4-6-35-21-3-5-29(15-34)12-20(21)23/h1-2,4,6-7,16,18H,3,5,8-14H2. The van der Waals surface area contributed by atoms with Crippen molar-refractivity contribution in [2.45, 2.75) is 62.7 Å². The minimum atomic E-state index is -2.76.